The molecule has 7 nitrogen and oxygen atoms in total. The molecule has 0 saturated carbocycles. The van der Waals surface area contributed by atoms with E-state index < -0.39 is 0 Å². The highest BCUT2D eigenvalue weighted by molar-refractivity contribution is 5.78. The minimum Gasteiger partial charge on any atom is -0.342 e. The van der Waals surface area contributed by atoms with Crippen molar-refractivity contribution in [1.29, 1.82) is 0 Å². The lowest BCUT2D eigenvalue weighted by Gasteiger charge is -2.31. The van der Waals surface area contributed by atoms with Gasteiger partial charge in [0, 0.05) is 37.0 Å². The van der Waals surface area contributed by atoms with E-state index in [1.54, 1.807) is 31.5 Å². The van der Waals surface area contributed by atoms with Gasteiger partial charge in [-0.25, -0.2) is 19.0 Å². The SMILES string of the molecule is Cc1nonc1CC(=O)N1CCC(c2ncc(-c3ccc(F)cc3)cn2)CC1. The molecule has 3 heterocycles. The Morgan fingerprint density at radius 2 is 1.79 bits per heavy atom. The standard InChI is InChI=1S/C20H20FN5O2/c1-13-18(25-28-24-13)10-19(27)26-8-6-15(7-9-26)20-22-11-16(12-23-20)14-2-4-17(21)5-3-14/h2-5,11-12,15H,6-10H2,1H3. The Morgan fingerprint density at radius 1 is 1.11 bits per heavy atom. The fourth-order valence-electron chi connectivity index (χ4n) is 3.39. The van der Waals surface area contributed by atoms with Gasteiger partial charge in [0.25, 0.3) is 0 Å². The van der Waals surface area contributed by atoms with Gasteiger partial charge >= 0.3 is 0 Å². The van der Waals surface area contributed by atoms with Crippen LogP contribution in [0.4, 0.5) is 4.39 Å². The van der Waals surface area contributed by atoms with Crippen LogP contribution in [0.3, 0.4) is 0 Å². The minimum absolute atomic E-state index is 0.0322. The van der Waals surface area contributed by atoms with E-state index >= 15 is 0 Å². The Bertz CT molecular complexity index is 947. The average molecular weight is 381 g/mol. The summed E-state index contributed by atoms with van der Waals surface area (Å²) in [5, 5.41) is 7.48. The molecule has 0 radical (unpaired) electrons. The summed E-state index contributed by atoms with van der Waals surface area (Å²) >= 11 is 0. The third-order valence-electron chi connectivity index (χ3n) is 5.13. The summed E-state index contributed by atoms with van der Waals surface area (Å²) in [4.78, 5) is 23.3. The number of aromatic nitrogens is 4. The van der Waals surface area contributed by atoms with E-state index in [9.17, 15) is 9.18 Å². The van der Waals surface area contributed by atoms with Crippen molar-refractivity contribution in [2.24, 2.45) is 0 Å². The zero-order valence-electron chi connectivity index (χ0n) is 15.5. The summed E-state index contributed by atoms with van der Waals surface area (Å²) in [6.07, 6.45) is 5.39. The molecule has 1 aliphatic rings. The van der Waals surface area contributed by atoms with Gasteiger partial charge in [-0.15, -0.1) is 0 Å². The largest absolute Gasteiger partial charge is 0.342 e. The molecular weight excluding hydrogens is 361 g/mol. The number of amides is 1. The summed E-state index contributed by atoms with van der Waals surface area (Å²) in [7, 11) is 0. The minimum atomic E-state index is -0.266. The van der Waals surface area contributed by atoms with Crippen LogP contribution in [0, 0.1) is 12.7 Å². The van der Waals surface area contributed by atoms with Crippen molar-refractivity contribution >= 4 is 5.91 Å². The van der Waals surface area contributed by atoms with Gasteiger partial charge < -0.3 is 4.90 Å². The lowest BCUT2D eigenvalue weighted by Crippen LogP contribution is -2.39. The first-order valence-electron chi connectivity index (χ1n) is 9.24. The Morgan fingerprint density at radius 3 is 2.39 bits per heavy atom. The Kier molecular flexibility index (Phi) is 5.10. The van der Waals surface area contributed by atoms with Gasteiger partial charge in [0.15, 0.2) is 0 Å². The number of nitrogens with zero attached hydrogens (tertiary/aromatic N) is 5. The smallest absolute Gasteiger partial charge is 0.228 e. The van der Waals surface area contributed by atoms with E-state index in [2.05, 4.69) is 24.9 Å². The number of likely N-dealkylation sites (tertiary alicyclic amines) is 1. The van der Waals surface area contributed by atoms with Gasteiger partial charge in [0.1, 0.15) is 23.0 Å². The fourth-order valence-corrected chi connectivity index (χ4v) is 3.39. The van der Waals surface area contributed by atoms with E-state index in [1.807, 2.05) is 4.90 Å². The quantitative estimate of drug-likeness (QED) is 0.691. The number of carbonyl (C=O) groups is 1. The first kappa shape index (κ1) is 18.2. The number of piperidine rings is 1. The lowest BCUT2D eigenvalue weighted by atomic mass is 9.95. The van der Waals surface area contributed by atoms with Gasteiger partial charge in [0.05, 0.1) is 6.42 Å². The third-order valence-corrected chi connectivity index (χ3v) is 5.13. The van der Waals surface area contributed by atoms with Crippen LogP contribution in [0.5, 0.6) is 0 Å². The van der Waals surface area contributed by atoms with Crippen LogP contribution in [0.15, 0.2) is 41.3 Å². The topological polar surface area (TPSA) is 85.0 Å². The molecule has 2 aromatic heterocycles. The second-order valence-electron chi connectivity index (χ2n) is 6.96. The molecule has 0 bridgehead atoms. The number of benzene rings is 1. The molecule has 1 fully saturated rings. The molecule has 8 heteroatoms. The number of rotatable bonds is 4. The monoisotopic (exact) mass is 381 g/mol. The zero-order valence-corrected chi connectivity index (χ0v) is 15.5. The maximum Gasteiger partial charge on any atom is 0.228 e. The molecule has 1 aliphatic heterocycles. The molecule has 28 heavy (non-hydrogen) atoms. The van der Waals surface area contributed by atoms with Gasteiger partial charge in [-0.3, -0.25) is 4.79 Å². The molecule has 1 aromatic carbocycles. The van der Waals surface area contributed by atoms with Gasteiger partial charge in [0.2, 0.25) is 5.91 Å². The molecular formula is C20H20FN5O2. The van der Waals surface area contributed by atoms with Crippen LogP contribution in [0.25, 0.3) is 11.1 Å². The summed E-state index contributed by atoms with van der Waals surface area (Å²) in [6.45, 7) is 3.10. The lowest BCUT2D eigenvalue weighted by molar-refractivity contribution is -0.131. The number of hydrogen-bond acceptors (Lipinski definition) is 6. The molecule has 0 unspecified atom stereocenters. The van der Waals surface area contributed by atoms with E-state index in [1.165, 1.54) is 12.1 Å². The van der Waals surface area contributed by atoms with E-state index in [-0.39, 0.29) is 24.1 Å². The summed E-state index contributed by atoms with van der Waals surface area (Å²) in [5.74, 6) is 0.777. The Hall–Kier alpha value is -3.16. The molecule has 0 spiro atoms. The number of halogens is 1. The molecule has 0 N–H and O–H groups in total. The third kappa shape index (κ3) is 3.90. The predicted octanol–water partition coefficient (Wildman–Crippen LogP) is 2.92. The van der Waals surface area contributed by atoms with Crippen LogP contribution in [0.1, 0.15) is 36.0 Å². The van der Waals surface area contributed by atoms with Crippen molar-refractivity contribution < 1.29 is 13.8 Å². The molecule has 4 rings (SSSR count). The molecule has 0 atom stereocenters. The summed E-state index contributed by atoms with van der Waals surface area (Å²) in [6, 6.07) is 6.27. The van der Waals surface area contributed by atoms with Crippen LogP contribution in [0.2, 0.25) is 0 Å². The maximum absolute atomic E-state index is 13.1. The maximum atomic E-state index is 13.1. The first-order valence-corrected chi connectivity index (χ1v) is 9.24. The highest BCUT2D eigenvalue weighted by atomic mass is 19.1. The van der Waals surface area contributed by atoms with Crippen molar-refractivity contribution in [2.45, 2.75) is 32.1 Å². The van der Waals surface area contributed by atoms with E-state index in [4.69, 9.17) is 0 Å². The normalized spacial score (nSPS) is 15.0. The molecule has 1 amide bonds. The van der Waals surface area contributed by atoms with Crippen LogP contribution >= 0.6 is 0 Å². The highest BCUT2D eigenvalue weighted by Crippen LogP contribution is 2.27. The second kappa shape index (κ2) is 7.84. The first-order chi connectivity index (χ1) is 13.6. The Labute approximate surface area is 161 Å². The summed E-state index contributed by atoms with van der Waals surface area (Å²) < 4.78 is 17.7. The summed E-state index contributed by atoms with van der Waals surface area (Å²) in [5.41, 5.74) is 2.98. The molecule has 3 aromatic rings. The van der Waals surface area contributed by atoms with Crippen LogP contribution < -0.4 is 0 Å². The highest BCUT2D eigenvalue weighted by Gasteiger charge is 2.26. The zero-order chi connectivity index (χ0) is 19.5. The van der Waals surface area contributed by atoms with Gasteiger partial charge in [-0.05, 0) is 37.5 Å². The Balaban J connectivity index is 1.35. The number of hydrogen-bond donors (Lipinski definition) is 0. The van der Waals surface area contributed by atoms with Gasteiger partial charge in [-0.2, -0.15) is 0 Å². The molecule has 1 saturated heterocycles. The molecule has 0 aliphatic carbocycles. The predicted molar refractivity (Wildman–Crippen MR) is 98.7 cm³/mol. The van der Waals surface area contributed by atoms with Crippen LogP contribution in [-0.4, -0.2) is 44.2 Å². The number of carbonyl (C=O) groups excluding carboxylic acids is 1. The second-order valence-corrected chi connectivity index (χ2v) is 6.96. The van der Waals surface area contributed by atoms with Crippen molar-refractivity contribution in [3.05, 3.63) is 59.7 Å². The number of aryl methyl sites for hydroxylation is 1. The van der Waals surface area contributed by atoms with Crippen molar-refractivity contribution in [1.82, 2.24) is 25.2 Å². The fraction of sp³-hybridized carbons (Fsp3) is 0.350. The van der Waals surface area contributed by atoms with Crippen molar-refractivity contribution in [2.75, 3.05) is 13.1 Å². The van der Waals surface area contributed by atoms with E-state index in [0.29, 0.717) is 24.5 Å². The van der Waals surface area contributed by atoms with Crippen molar-refractivity contribution in [3.8, 4) is 11.1 Å². The van der Waals surface area contributed by atoms with E-state index in [0.717, 1.165) is 29.8 Å². The van der Waals surface area contributed by atoms with Crippen LogP contribution in [-0.2, 0) is 11.2 Å². The van der Waals surface area contributed by atoms with Crippen molar-refractivity contribution in [3.63, 3.8) is 0 Å². The average Bonchev–Trinajstić information content (AvgIpc) is 3.13. The molecule has 144 valence electrons. The van der Waals surface area contributed by atoms with Gasteiger partial charge in [-0.1, -0.05) is 22.4 Å².